The minimum absolute atomic E-state index is 0.0329. The van der Waals surface area contributed by atoms with Crippen LogP contribution in [0, 0.1) is 24.4 Å². The van der Waals surface area contributed by atoms with E-state index in [1.165, 1.54) is 31.2 Å². The summed E-state index contributed by atoms with van der Waals surface area (Å²) in [6.07, 6.45) is 0. The van der Waals surface area contributed by atoms with Crippen LogP contribution in [0.2, 0.25) is 0 Å². The van der Waals surface area contributed by atoms with Crippen molar-refractivity contribution in [1.82, 2.24) is 4.57 Å². The Morgan fingerprint density at radius 1 is 1.10 bits per heavy atom. The maximum absolute atomic E-state index is 14.3. The van der Waals surface area contributed by atoms with Gasteiger partial charge >= 0.3 is 0 Å². The summed E-state index contributed by atoms with van der Waals surface area (Å²) in [5.74, 6) is -2.90. The van der Waals surface area contributed by atoms with Crippen LogP contribution in [0.5, 0.6) is 5.75 Å². The molecule has 3 rings (SSSR count). The molecule has 29 heavy (non-hydrogen) atoms. The van der Waals surface area contributed by atoms with Crippen molar-refractivity contribution in [3.8, 4) is 11.4 Å². The lowest BCUT2D eigenvalue weighted by Crippen LogP contribution is -2.23. The molecule has 9 heteroatoms. The van der Waals surface area contributed by atoms with Crippen LogP contribution in [-0.4, -0.2) is 10.5 Å². The Labute approximate surface area is 171 Å². The van der Waals surface area contributed by atoms with Crippen LogP contribution in [0.15, 0.2) is 51.7 Å². The average Bonchev–Trinajstić information content (AvgIpc) is 2.66. The molecule has 0 spiro atoms. The molecular weight excluding hydrogens is 453 g/mol. The predicted molar refractivity (Wildman–Crippen MR) is 104 cm³/mol. The lowest BCUT2D eigenvalue weighted by molar-refractivity contribution is 0.1000. The second-order valence-electron chi connectivity index (χ2n) is 6.16. The molecule has 5 nitrogen and oxygen atoms in total. The van der Waals surface area contributed by atoms with E-state index in [0.29, 0.717) is 5.69 Å². The zero-order chi connectivity index (χ0) is 21.3. The van der Waals surface area contributed by atoms with Gasteiger partial charge in [0.1, 0.15) is 34.3 Å². The Morgan fingerprint density at radius 3 is 2.48 bits per heavy atom. The molecule has 0 unspecified atom stereocenters. The summed E-state index contributed by atoms with van der Waals surface area (Å²) in [6, 6.07) is 7.93. The Morgan fingerprint density at radius 2 is 1.83 bits per heavy atom. The molecule has 3 aromatic rings. The van der Waals surface area contributed by atoms with E-state index < -0.39 is 28.9 Å². The summed E-state index contributed by atoms with van der Waals surface area (Å²) in [7, 11) is 0. The fourth-order valence-electron chi connectivity index (χ4n) is 2.72. The van der Waals surface area contributed by atoms with Crippen LogP contribution in [0.3, 0.4) is 0 Å². The predicted octanol–water partition coefficient (Wildman–Crippen LogP) is 4.00. The Bertz CT molecular complexity index is 1180. The second kappa shape index (κ2) is 8.12. The molecular formula is C20H14BrF3N2O3. The number of aromatic nitrogens is 1. The number of primary amides is 1. The van der Waals surface area contributed by atoms with E-state index in [4.69, 9.17) is 10.5 Å². The number of hydrogen-bond donors (Lipinski definition) is 1. The van der Waals surface area contributed by atoms with Gasteiger partial charge in [0, 0.05) is 29.0 Å². The van der Waals surface area contributed by atoms with Gasteiger partial charge in [0.25, 0.3) is 5.56 Å². The summed E-state index contributed by atoms with van der Waals surface area (Å²) in [5.41, 5.74) is 4.86. The van der Waals surface area contributed by atoms with Crippen LogP contribution in [0.1, 0.15) is 21.6 Å². The second-order valence-corrected chi connectivity index (χ2v) is 6.95. The standard InChI is InChI=1S/C20H14BrF3N2O3/c1-10-6-17(29-9-12-2-4-13(22)8-15(12)24)18(21)20(28)26(10)16-7-11(19(25)27)3-5-14(16)23/h2-8H,9H2,1H3,(H2,25,27). The molecule has 2 N–H and O–H groups in total. The molecule has 0 aliphatic carbocycles. The molecule has 0 radical (unpaired) electrons. The lowest BCUT2D eigenvalue weighted by atomic mass is 10.1. The highest BCUT2D eigenvalue weighted by Crippen LogP contribution is 2.26. The summed E-state index contributed by atoms with van der Waals surface area (Å²) in [5, 5.41) is 0. The number of benzene rings is 2. The van der Waals surface area contributed by atoms with Gasteiger partial charge in [-0.1, -0.05) is 0 Å². The number of hydrogen-bond acceptors (Lipinski definition) is 3. The van der Waals surface area contributed by atoms with Crippen LogP contribution in [0.4, 0.5) is 13.2 Å². The molecule has 0 saturated carbocycles. The molecule has 0 atom stereocenters. The topological polar surface area (TPSA) is 74.3 Å². The van der Waals surface area contributed by atoms with Gasteiger partial charge in [0.05, 0.1) is 5.69 Å². The number of carbonyl (C=O) groups is 1. The number of nitrogens with zero attached hydrogens (tertiary/aromatic N) is 1. The summed E-state index contributed by atoms with van der Waals surface area (Å²) in [4.78, 5) is 24.2. The largest absolute Gasteiger partial charge is 0.487 e. The van der Waals surface area contributed by atoms with E-state index in [9.17, 15) is 22.8 Å². The van der Waals surface area contributed by atoms with Crippen molar-refractivity contribution >= 4 is 21.8 Å². The quantitative estimate of drug-likeness (QED) is 0.617. The van der Waals surface area contributed by atoms with Crippen LogP contribution in [0.25, 0.3) is 5.69 Å². The minimum atomic E-state index is -0.781. The zero-order valence-electron chi connectivity index (χ0n) is 15.0. The van der Waals surface area contributed by atoms with Crippen LogP contribution in [-0.2, 0) is 6.61 Å². The summed E-state index contributed by atoms with van der Waals surface area (Å²) in [6.45, 7) is 1.29. The zero-order valence-corrected chi connectivity index (χ0v) is 16.6. The van der Waals surface area contributed by atoms with Gasteiger partial charge in [0.2, 0.25) is 5.91 Å². The number of pyridine rings is 1. The molecule has 150 valence electrons. The highest BCUT2D eigenvalue weighted by molar-refractivity contribution is 9.10. The van der Waals surface area contributed by atoms with Crippen LogP contribution >= 0.6 is 15.9 Å². The highest BCUT2D eigenvalue weighted by atomic mass is 79.9. The van der Waals surface area contributed by atoms with E-state index in [0.717, 1.165) is 22.8 Å². The van der Waals surface area contributed by atoms with Crippen LogP contribution < -0.4 is 16.0 Å². The SMILES string of the molecule is Cc1cc(OCc2ccc(F)cc2F)c(Br)c(=O)n1-c1cc(C(N)=O)ccc1F. The van der Waals surface area contributed by atoms with Crippen molar-refractivity contribution in [3.63, 3.8) is 0 Å². The highest BCUT2D eigenvalue weighted by Gasteiger charge is 2.18. The molecule has 0 fully saturated rings. The molecule has 2 aromatic carbocycles. The molecule has 0 bridgehead atoms. The van der Waals surface area contributed by atoms with E-state index in [-0.39, 0.29) is 33.6 Å². The third kappa shape index (κ3) is 4.19. The van der Waals surface area contributed by atoms with Gasteiger partial charge in [0.15, 0.2) is 0 Å². The number of rotatable bonds is 5. The van der Waals surface area contributed by atoms with Crippen molar-refractivity contribution < 1.29 is 22.7 Å². The maximum Gasteiger partial charge on any atom is 0.273 e. The first-order valence-electron chi connectivity index (χ1n) is 8.27. The van der Waals surface area contributed by atoms with Crippen molar-refractivity contribution in [1.29, 1.82) is 0 Å². The first-order chi connectivity index (χ1) is 13.7. The van der Waals surface area contributed by atoms with Crippen molar-refractivity contribution in [2.24, 2.45) is 5.73 Å². The first-order valence-corrected chi connectivity index (χ1v) is 9.07. The number of amides is 1. The molecule has 0 aliphatic rings. The Balaban J connectivity index is 2.00. The number of ether oxygens (including phenoxy) is 1. The molecule has 0 saturated heterocycles. The fourth-order valence-corrected chi connectivity index (χ4v) is 3.12. The molecule has 0 aliphatic heterocycles. The monoisotopic (exact) mass is 466 g/mol. The Kier molecular flexibility index (Phi) is 5.78. The first kappa shape index (κ1) is 20.7. The van der Waals surface area contributed by atoms with E-state index in [1.807, 2.05) is 0 Å². The molecule has 1 aromatic heterocycles. The third-order valence-electron chi connectivity index (χ3n) is 4.17. The number of carbonyl (C=O) groups excluding carboxylic acids is 1. The van der Waals surface area contributed by atoms with E-state index in [2.05, 4.69) is 15.9 Å². The van der Waals surface area contributed by atoms with E-state index in [1.54, 1.807) is 0 Å². The van der Waals surface area contributed by atoms with Gasteiger partial charge in [-0.05, 0) is 53.2 Å². The van der Waals surface area contributed by atoms with Crippen molar-refractivity contribution in [3.05, 3.63) is 91.6 Å². The molecule has 1 heterocycles. The summed E-state index contributed by atoms with van der Waals surface area (Å²) < 4.78 is 47.6. The number of nitrogens with two attached hydrogens (primary N) is 1. The fraction of sp³-hybridized carbons (Fsp3) is 0.100. The number of aryl methyl sites for hydroxylation is 1. The molecule has 1 amide bonds. The van der Waals surface area contributed by atoms with Gasteiger partial charge in [-0.2, -0.15) is 0 Å². The number of halogens is 4. The minimum Gasteiger partial charge on any atom is -0.487 e. The Hall–Kier alpha value is -3.07. The van der Waals surface area contributed by atoms with Gasteiger partial charge in [-0.25, -0.2) is 13.2 Å². The van der Waals surface area contributed by atoms with Crippen molar-refractivity contribution in [2.45, 2.75) is 13.5 Å². The lowest BCUT2D eigenvalue weighted by Gasteiger charge is -2.16. The van der Waals surface area contributed by atoms with Gasteiger partial charge in [-0.3, -0.25) is 14.2 Å². The third-order valence-corrected chi connectivity index (χ3v) is 4.90. The summed E-state index contributed by atoms with van der Waals surface area (Å²) >= 11 is 3.11. The smallest absolute Gasteiger partial charge is 0.273 e. The maximum atomic E-state index is 14.3. The van der Waals surface area contributed by atoms with Crippen molar-refractivity contribution in [2.75, 3.05) is 0 Å². The van der Waals surface area contributed by atoms with E-state index >= 15 is 0 Å². The van der Waals surface area contributed by atoms with Gasteiger partial charge < -0.3 is 10.5 Å². The normalized spacial score (nSPS) is 10.8. The van der Waals surface area contributed by atoms with Gasteiger partial charge in [-0.15, -0.1) is 0 Å². The average molecular weight is 467 g/mol.